The van der Waals surface area contributed by atoms with Crippen molar-refractivity contribution in [3.8, 4) is 0 Å². The average molecular weight is 732 g/mol. The van der Waals surface area contributed by atoms with Crippen LogP contribution in [0.25, 0.3) is 0 Å². The van der Waals surface area contributed by atoms with E-state index in [0.29, 0.717) is 0 Å². The lowest BCUT2D eigenvalue weighted by atomic mass is 9.99. The summed E-state index contributed by atoms with van der Waals surface area (Å²) in [4.78, 5) is 2.33. The zero-order valence-corrected chi connectivity index (χ0v) is 34.4. The largest absolute Gasteiger partial charge is 0.508 e. The number of para-hydroxylation sites is 3. The Labute approximate surface area is 297 Å². The minimum absolute atomic E-state index is 0.176. The fourth-order valence-corrected chi connectivity index (χ4v) is 14.8. The lowest BCUT2D eigenvalue weighted by Gasteiger charge is -2.40. The van der Waals surface area contributed by atoms with Gasteiger partial charge in [0.25, 0.3) is 0 Å². The molecule has 0 fully saturated rings. The van der Waals surface area contributed by atoms with Crippen LogP contribution in [0.5, 0.6) is 0 Å². The van der Waals surface area contributed by atoms with Crippen molar-refractivity contribution in [3.05, 3.63) is 89.5 Å². The lowest BCUT2D eigenvalue weighted by Crippen LogP contribution is -2.50. The van der Waals surface area contributed by atoms with Gasteiger partial charge in [0.05, 0.1) is 16.6 Å². The van der Waals surface area contributed by atoms with E-state index in [1.807, 2.05) is 0 Å². The highest BCUT2D eigenvalue weighted by Crippen LogP contribution is 2.49. The maximum absolute atomic E-state index is 6.11. The summed E-state index contributed by atoms with van der Waals surface area (Å²) in [6.07, 6.45) is 2.18. The second kappa shape index (κ2) is 18.8. The molecule has 10 nitrogen and oxygen atoms in total. The Hall–Kier alpha value is -2.25. The van der Waals surface area contributed by atoms with Crippen molar-refractivity contribution in [2.24, 2.45) is 0 Å². The van der Waals surface area contributed by atoms with Gasteiger partial charge in [-0.25, -0.2) is 0 Å². The van der Waals surface area contributed by atoms with Crippen LogP contribution in [-0.2, 0) is 39.8 Å². The van der Waals surface area contributed by atoms with Gasteiger partial charge in [0.1, 0.15) is 0 Å². The van der Waals surface area contributed by atoms with E-state index in [4.69, 9.17) is 39.8 Å². The summed E-state index contributed by atoms with van der Waals surface area (Å²) in [7, 11) is 5.46. The van der Waals surface area contributed by atoms with E-state index >= 15 is 0 Å². The van der Waals surface area contributed by atoms with Crippen molar-refractivity contribution in [2.75, 3.05) is 68.9 Å². The summed E-state index contributed by atoms with van der Waals surface area (Å²) in [5.41, 5.74) is 5.46. The molecule has 0 saturated carbocycles. The Morgan fingerprint density at radius 3 is 0.776 bits per heavy atom. The normalized spacial score (nSPS) is 14.4. The number of benzene rings is 3. The molecule has 3 unspecified atom stereocenters. The molecule has 0 aliphatic heterocycles. The molecule has 13 heteroatoms. The summed E-state index contributed by atoms with van der Waals surface area (Å²) in [6.45, 7) is 6.41. The zero-order chi connectivity index (χ0) is 36.2. The Bertz CT molecular complexity index is 1240. The molecular formula is C36H57NO9Si3. The van der Waals surface area contributed by atoms with E-state index in [1.54, 1.807) is 64.0 Å². The molecule has 3 aromatic rings. The Morgan fingerprint density at radius 1 is 0.388 bits per heavy atom. The highest BCUT2D eigenvalue weighted by molar-refractivity contribution is 6.63. The molecule has 0 bridgehead atoms. The summed E-state index contributed by atoms with van der Waals surface area (Å²) in [5, 5.41) is 0. The first kappa shape index (κ1) is 41.2. The van der Waals surface area contributed by atoms with Crippen molar-refractivity contribution in [2.45, 2.75) is 56.7 Å². The molecule has 3 rings (SSSR count). The average Bonchev–Trinajstić information content (AvgIpc) is 3.16. The monoisotopic (exact) mass is 731 g/mol. The molecule has 3 atom stereocenters. The fraction of sp³-hybridized carbons (Fsp3) is 0.500. The highest BCUT2D eigenvalue weighted by Gasteiger charge is 2.51. The predicted octanol–water partition coefficient (Wildman–Crippen LogP) is 7.89. The van der Waals surface area contributed by atoms with Crippen LogP contribution >= 0.6 is 0 Å². The first-order valence-electron chi connectivity index (χ1n) is 16.7. The number of hydrogen-bond acceptors (Lipinski definition) is 10. The molecule has 0 saturated heterocycles. The number of nitrogens with zero attached hydrogens (tertiary/aromatic N) is 1. The molecule has 0 spiro atoms. The summed E-state index contributed by atoms with van der Waals surface area (Å²) in [5.74, 6) is 0. The number of rotatable bonds is 21. The van der Waals surface area contributed by atoms with E-state index in [1.165, 1.54) is 0 Å². The molecule has 0 heterocycles. The molecule has 49 heavy (non-hydrogen) atoms. The maximum Gasteiger partial charge on any atom is 0.508 e. The second-order valence-corrected chi connectivity index (χ2v) is 20.9. The summed E-state index contributed by atoms with van der Waals surface area (Å²) < 4.78 is 55.0. The molecule has 0 N–H and O–H groups in total. The van der Waals surface area contributed by atoms with Gasteiger partial charge in [-0.1, -0.05) is 75.4 Å². The molecule has 272 valence electrons. The van der Waals surface area contributed by atoms with E-state index in [2.05, 4.69) is 98.5 Å². The Kier molecular flexibility index (Phi) is 15.8. The third kappa shape index (κ3) is 7.83. The third-order valence-electron chi connectivity index (χ3n) is 9.72. The standard InChI is InChI=1S/C36H57NO9Si3/c1-13-34(47(38-4,39-5)40-6)28-22-16-19-25-31(28)37(32-26-20-17-23-29(32)35(14-2)48(41-7,42-8)43-9)33-27-21-18-24-30(33)36(15-3)49(44-10,45-11)46-12/h16-27,34-36H,13-15H2,1-12H3. The summed E-state index contributed by atoms with van der Waals surface area (Å²) >= 11 is 0. The van der Waals surface area contributed by atoms with E-state index < -0.39 is 26.4 Å². The molecule has 0 amide bonds. The SMILES string of the molecule is CCC(c1ccccc1N(c1ccccc1C(CC)[Si](OC)(OC)OC)c1ccccc1C(CC)[Si](OC)(OC)OC)[Si](OC)(OC)OC. The maximum atomic E-state index is 6.11. The van der Waals surface area contributed by atoms with E-state index in [0.717, 1.165) is 53.0 Å². The highest BCUT2D eigenvalue weighted by atomic mass is 28.4. The van der Waals surface area contributed by atoms with Gasteiger partial charge < -0.3 is 44.7 Å². The van der Waals surface area contributed by atoms with E-state index in [-0.39, 0.29) is 16.6 Å². The number of hydrogen-bond donors (Lipinski definition) is 0. The molecule has 0 aromatic heterocycles. The van der Waals surface area contributed by atoms with Crippen LogP contribution in [0.3, 0.4) is 0 Å². The molecule has 3 aromatic carbocycles. The van der Waals surface area contributed by atoms with Crippen LogP contribution < -0.4 is 4.90 Å². The van der Waals surface area contributed by atoms with Crippen molar-refractivity contribution in [1.29, 1.82) is 0 Å². The van der Waals surface area contributed by atoms with Crippen LogP contribution in [-0.4, -0.2) is 90.4 Å². The van der Waals surface area contributed by atoms with Crippen molar-refractivity contribution >= 4 is 43.5 Å². The topological polar surface area (TPSA) is 86.3 Å². The summed E-state index contributed by atoms with van der Waals surface area (Å²) in [6, 6.07) is 25.2. The van der Waals surface area contributed by atoms with Crippen molar-refractivity contribution in [1.82, 2.24) is 0 Å². The predicted molar refractivity (Wildman–Crippen MR) is 201 cm³/mol. The van der Waals surface area contributed by atoms with Gasteiger partial charge in [0, 0.05) is 81.1 Å². The van der Waals surface area contributed by atoms with Gasteiger partial charge in [-0.05, 0) is 54.2 Å². The van der Waals surface area contributed by atoms with Crippen LogP contribution in [0.2, 0.25) is 0 Å². The first-order chi connectivity index (χ1) is 23.7. The van der Waals surface area contributed by atoms with Crippen molar-refractivity contribution in [3.63, 3.8) is 0 Å². The molecule has 0 radical (unpaired) electrons. The van der Waals surface area contributed by atoms with Crippen molar-refractivity contribution < 1.29 is 39.8 Å². The quantitative estimate of drug-likeness (QED) is 0.101. The zero-order valence-electron chi connectivity index (χ0n) is 31.4. The van der Waals surface area contributed by atoms with Gasteiger partial charge >= 0.3 is 26.4 Å². The van der Waals surface area contributed by atoms with Gasteiger partial charge in [-0.3, -0.25) is 0 Å². The minimum atomic E-state index is -3.18. The van der Waals surface area contributed by atoms with E-state index in [9.17, 15) is 0 Å². The molecule has 0 aliphatic carbocycles. The molecular weight excluding hydrogens is 675 g/mol. The van der Waals surface area contributed by atoms with Gasteiger partial charge in [-0.2, -0.15) is 0 Å². The van der Waals surface area contributed by atoms with Gasteiger partial charge in [-0.15, -0.1) is 0 Å². The number of anilines is 3. The van der Waals surface area contributed by atoms with Crippen LogP contribution in [0.15, 0.2) is 72.8 Å². The lowest BCUT2D eigenvalue weighted by molar-refractivity contribution is 0.111. The van der Waals surface area contributed by atoms with Gasteiger partial charge in [0.15, 0.2) is 0 Å². The van der Waals surface area contributed by atoms with Crippen LogP contribution in [0, 0.1) is 0 Å². The third-order valence-corrected chi connectivity index (χ3v) is 19.6. The first-order valence-corrected chi connectivity index (χ1v) is 22.1. The Balaban J connectivity index is 2.57. The Morgan fingerprint density at radius 2 is 0.592 bits per heavy atom. The second-order valence-electron chi connectivity index (χ2n) is 11.5. The van der Waals surface area contributed by atoms with Crippen LogP contribution in [0.4, 0.5) is 17.1 Å². The van der Waals surface area contributed by atoms with Gasteiger partial charge in [0.2, 0.25) is 0 Å². The fourth-order valence-electron chi connectivity index (χ4n) is 7.36. The van der Waals surface area contributed by atoms with Crippen LogP contribution in [0.1, 0.15) is 73.3 Å². The smallest absolute Gasteiger partial charge is 0.376 e. The minimum Gasteiger partial charge on any atom is -0.376 e. The molecule has 0 aliphatic rings.